The summed E-state index contributed by atoms with van der Waals surface area (Å²) in [6.45, 7) is 4.29. The molecule has 0 N–H and O–H groups in total. The number of carbonyl (C=O) groups excluding carboxylic acids is 2. The number of carbonyl (C=O) groups is 2. The highest BCUT2D eigenvalue weighted by Crippen LogP contribution is 2.18. The predicted molar refractivity (Wildman–Crippen MR) is 117 cm³/mol. The molecule has 0 fully saturated rings. The molecule has 0 saturated carbocycles. The number of allylic oxidation sites excluding steroid dienone is 1. The molecule has 0 radical (unpaired) electrons. The Bertz CT molecular complexity index is 1020. The van der Waals surface area contributed by atoms with Gasteiger partial charge in [0.1, 0.15) is 5.75 Å². The summed E-state index contributed by atoms with van der Waals surface area (Å²) in [5, 5.41) is 0.549. The van der Waals surface area contributed by atoms with E-state index in [0.717, 1.165) is 5.56 Å². The Balaban J connectivity index is 1.62. The van der Waals surface area contributed by atoms with E-state index in [1.165, 1.54) is 5.56 Å². The summed E-state index contributed by atoms with van der Waals surface area (Å²) in [5.74, 6) is 0.246. The summed E-state index contributed by atoms with van der Waals surface area (Å²) in [5.41, 5.74) is 3.15. The van der Waals surface area contributed by atoms with E-state index in [2.05, 4.69) is 26.0 Å². The minimum atomic E-state index is -0.481. The fourth-order valence-electron chi connectivity index (χ4n) is 2.70. The maximum absolute atomic E-state index is 12.4. The summed E-state index contributed by atoms with van der Waals surface area (Å²) >= 11 is 5.82. The van der Waals surface area contributed by atoms with Gasteiger partial charge in [0, 0.05) is 10.6 Å². The lowest BCUT2D eigenvalue weighted by atomic mass is 10.0. The van der Waals surface area contributed by atoms with E-state index >= 15 is 0 Å². The molecule has 0 aliphatic carbocycles. The van der Waals surface area contributed by atoms with Crippen LogP contribution >= 0.6 is 11.6 Å². The molecule has 3 nitrogen and oxygen atoms in total. The number of benzene rings is 3. The average Bonchev–Trinajstić information content (AvgIpc) is 2.73. The third kappa shape index (κ3) is 5.66. The molecule has 0 aromatic heterocycles. The van der Waals surface area contributed by atoms with Crippen molar-refractivity contribution in [2.45, 2.75) is 19.8 Å². The lowest BCUT2D eigenvalue weighted by Gasteiger charge is -2.05. The maximum Gasteiger partial charge on any atom is 0.343 e. The van der Waals surface area contributed by atoms with Crippen molar-refractivity contribution in [3.63, 3.8) is 0 Å². The Morgan fingerprint density at radius 2 is 1.41 bits per heavy atom. The summed E-state index contributed by atoms with van der Waals surface area (Å²) in [6.07, 6.45) is 3.33. The van der Waals surface area contributed by atoms with Crippen molar-refractivity contribution in [3.8, 4) is 5.75 Å². The number of ether oxygens (including phenoxy) is 1. The minimum Gasteiger partial charge on any atom is -0.423 e. The van der Waals surface area contributed by atoms with Crippen molar-refractivity contribution < 1.29 is 14.3 Å². The zero-order valence-corrected chi connectivity index (χ0v) is 17.0. The molecule has 146 valence electrons. The van der Waals surface area contributed by atoms with Gasteiger partial charge in [-0.15, -0.1) is 0 Å². The molecule has 0 saturated heterocycles. The molecular weight excluding hydrogens is 384 g/mol. The zero-order chi connectivity index (χ0) is 20.8. The van der Waals surface area contributed by atoms with Crippen LogP contribution in [0.4, 0.5) is 0 Å². The van der Waals surface area contributed by atoms with Gasteiger partial charge in [0.2, 0.25) is 0 Å². The van der Waals surface area contributed by atoms with Crippen LogP contribution in [0.25, 0.3) is 6.08 Å². The summed E-state index contributed by atoms with van der Waals surface area (Å²) in [6, 6.07) is 21.1. The Morgan fingerprint density at radius 1 is 0.828 bits per heavy atom. The van der Waals surface area contributed by atoms with Gasteiger partial charge in [-0.3, -0.25) is 4.79 Å². The first kappa shape index (κ1) is 20.6. The Morgan fingerprint density at radius 3 is 2.00 bits per heavy atom. The van der Waals surface area contributed by atoms with Crippen molar-refractivity contribution >= 4 is 29.4 Å². The van der Waals surface area contributed by atoms with Gasteiger partial charge in [-0.25, -0.2) is 4.79 Å². The van der Waals surface area contributed by atoms with Crippen LogP contribution in [-0.2, 0) is 0 Å². The van der Waals surface area contributed by atoms with Gasteiger partial charge < -0.3 is 4.74 Å². The normalized spacial score (nSPS) is 11.0. The van der Waals surface area contributed by atoms with Crippen molar-refractivity contribution in [1.82, 2.24) is 0 Å². The van der Waals surface area contributed by atoms with Crippen LogP contribution in [-0.4, -0.2) is 11.8 Å². The molecule has 0 spiro atoms. The highest BCUT2D eigenvalue weighted by Gasteiger charge is 2.09. The largest absolute Gasteiger partial charge is 0.423 e. The summed E-state index contributed by atoms with van der Waals surface area (Å²) < 4.78 is 5.32. The summed E-state index contributed by atoms with van der Waals surface area (Å²) in [4.78, 5) is 24.5. The molecule has 3 aromatic carbocycles. The number of halogens is 1. The third-order valence-corrected chi connectivity index (χ3v) is 4.71. The van der Waals surface area contributed by atoms with E-state index in [4.69, 9.17) is 16.3 Å². The lowest BCUT2D eigenvalue weighted by Crippen LogP contribution is -2.08. The van der Waals surface area contributed by atoms with E-state index in [0.29, 0.717) is 27.8 Å². The number of hydrogen-bond donors (Lipinski definition) is 0. The Labute approximate surface area is 175 Å². The van der Waals surface area contributed by atoms with Crippen molar-refractivity contribution in [2.24, 2.45) is 0 Å². The molecule has 0 aliphatic rings. The highest BCUT2D eigenvalue weighted by atomic mass is 35.5. The molecule has 0 aliphatic heterocycles. The van der Waals surface area contributed by atoms with Crippen LogP contribution in [0.15, 0.2) is 78.9 Å². The molecule has 0 heterocycles. The summed E-state index contributed by atoms with van der Waals surface area (Å²) in [7, 11) is 0. The fourth-order valence-corrected chi connectivity index (χ4v) is 2.83. The second-order valence-electron chi connectivity index (χ2n) is 6.94. The molecular formula is C25H21ClO3. The molecule has 0 unspecified atom stereocenters. The van der Waals surface area contributed by atoms with Gasteiger partial charge in [0.05, 0.1) is 5.56 Å². The molecule has 0 bridgehead atoms. The highest BCUT2D eigenvalue weighted by molar-refractivity contribution is 6.30. The van der Waals surface area contributed by atoms with E-state index in [-0.39, 0.29) is 5.78 Å². The molecule has 3 aromatic rings. The van der Waals surface area contributed by atoms with Gasteiger partial charge in [-0.2, -0.15) is 0 Å². The SMILES string of the molecule is CC(C)c1ccc(/C=C/C(=O)c2ccc(OC(=O)c3ccc(Cl)cc3)cc2)cc1. The number of ketones is 1. The van der Waals surface area contributed by atoms with E-state index in [1.54, 1.807) is 60.7 Å². The molecule has 29 heavy (non-hydrogen) atoms. The molecule has 0 amide bonds. The molecule has 4 heteroatoms. The second kappa shape index (κ2) is 9.35. The van der Waals surface area contributed by atoms with E-state index in [9.17, 15) is 9.59 Å². The quantitative estimate of drug-likeness (QED) is 0.202. The van der Waals surface area contributed by atoms with Crippen LogP contribution in [0.3, 0.4) is 0 Å². The van der Waals surface area contributed by atoms with Crippen LogP contribution in [0.1, 0.15) is 51.6 Å². The van der Waals surface area contributed by atoms with E-state index in [1.807, 2.05) is 12.1 Å². The second-order valence-corrected chi connectivity index (χ2v) is 7.38. The zero-order valence-electron chi connectivity index (χ0n) is 16.3. The predicted octanol–water partition coefficient (Wildman–Crippen LogP) is 6.58. The first-order valence-electron chi connectivity index (χ1n) is 9.32. The van der Waals surface area contributed by atoms with Gasteiger partial charge in [-0.1, -0.05) is 55.8 Å². The first-order valence-corrected chi connectivity index (χ1v) is 9.70. The van der Waals surface area contributed by atoms with Crippen molar-refractivity contribution in [3.05, 3.63) is 106 Å². The molecule has 3 rings (SSSR count). The van der Waals surface area contributed by atoms with Gasteiger partial charge >= 0.3 is 5.97 Å². The first-order chi connectivity index (χ1) is 13.9. The monoisotopic (exact) mass is 404 g/mol. The average molecular weight is 405 g/mol. The van der Waals surface area contributed by atoms with Crippen molar-refractivity contribution in [2.75, 3.05) is 0 Å². The van der Waals surface area contributed by atoms with Gasteiger partial charge in [-0.05, 0) is 71.7 Å². The topological polar surface area (TPSA) is 43.4 Å². The number of hydrogen-bond acceptors (Lipinski definition) is 3. The van der Waals surface area contributed by atoms with Crippen LogP contribution < -0.4 is 4.74 Å². The van der Waals surface area contributed by atoms with Gasteiger partial charge in [0.15, 0.2) is 5.78 Å². The molecule has 0 atom stereocenters. The van der Waals surface area contributed by atoms with E-state index < -0.39 is 5.97 Å². The fraction of sp³-hybridized carbons (Fsp3) is 0.120. The van der Waals surface area contributed by atoms with Gasteiger partial charge in [0.25, 0.3) is 0 Å². The number of esters is 1. The lowest BCUT2D eigenvalue weighted by molar-refractivity contribution is 0.0734. The maximum atomic E-state index is 12.4. The minimum absolute atomic E-state index is 0.117. The smallest absolute Gasteiger partial charge is 0.343 e. The third-order valence-electron chi connectivity index (χ3n) is 4.46. The standard InChI is InChI=1S/C25H21ClO3/c1-17(2)19-6-3-18(4-7-19)5-16-24(27)20-10-14-23(15-11-20)29-25(28)21-8-12-22(26)13-9-21/h3-17H,1-2H3/b16-5+. The van der Waals surface area contributed by atoms with Crippen molar-refractivity contribution in [1.29, 1.82) is 0 Å². The van der Waals surface area contributed by atoms with Crippen LogP contribution in [0.2, 0.25) is 5.02 Å². The Kier molecular flexibility index (Phi) is 6.63. The van der Waals surface area contributed by atoms with Crippen LogP contribution in [0.5, 0.6) is 5.75 Å². The number of rotatable bonds is 6. The Hall–Kier alpha value is -3.17. The van der Waals surface area contributed by atoms with Crippen LogP contribution in [0, 0.1) is 0 Å².